The Kier molecular flexibility index (Phi) is 8.02. The summed E-state index contributed by atoms with van der Waals surface area (Å²) in [5, 5.41) is 0. The molecule has 0 saturated heterocycles. The Labute approximate surface area is 87.2 Å². The number of ether oxygens (including phenoxy) is 3. The molecule has 0 aromatic carbocycles. The molecule has 0 fully saturated rings. The van der Waals surface area contributed by atoms with Crippen molar-refractivity contribution in [3.63, 3.8) is 0 Å². The van der Waals surface area contributed by atoms with Crippen molar-refractivity contribution in [2.75, 3.05) is 33.7 Å². The first-order chi connectivity index (χ1) is 6.24. The Bertz CT molecular complexity index is 121. The van der Waals surface area contributed by atoms with E-state index in [1.165, 1.54) is 14.2 Å². The minimum Gasteiger partial charge on any atom is -0.376 e. The number of methoxy groups -OCH3 is 3. The van der Waals surface area contributed by atoms with Crippen molar-refractivity contribution >= 4 is 22.4 Å². The maximum Gasteiger partial charge on any atom is 0.297 e. The number of hydrogen-bond donors (Lipinski definition) is 1. The lowest BCUT2D eigenvalue weighted by molar-refractivity contribution is -0.339. The lowest BCUT2D eigenvalue weighted by Crippen LogP contribution is -2.42. The number of hydrogen-bond acceptors (Lipinski definition) is 5. The lowest BCUT2D eigenvalue weighted by Gasteiger charge is -2.29. The molecular formula is C7H18O4SSi. The van der Waals surface area contributed by atoms with Crippen LogP contribution in [0.1, 0.15) is 0 Å². The van der Waals surface area contributed by atoms with Gasteiger partial charge in [-0.05, 0) is 11.8 Å². The van der Waals surface area contributed by atoms with Crippen molar-refractivity contribution in [2.45, 2.75) is 12.0 Å². The maximum atomic E-state index is 5.53. The summed E-state index contributed by atoms with van der Waals surface area (Å²) < 4.78 is 20.7. The monoisotopic (exact) mass is 226 g/mol. The molecule has 13 heavy (non-hydrogen) atoms. The molecule has 0 bridgehead atoms. The molecule has 0 unspecified atom stereocenters. The van der Waals surface area contributed by atoms with Crippen molar-refractivity contribution in [1.82, 2.24) is 0 Å². The fourth-order valence-electron chi connectivity index (χ4n) is 0.830. The number of thiol groups is 1. The average molecular weight is 226 g/mol. The molecule has 0 aliphatic heterocycles. The van der Waals surface area contributed by atoms with E-state index in [9.17, 15) is 0 Å². The van der Waals surface area contributed by atoms with E-state index in [1.807, 2.05) is 0 Å². The van der Waals surface area contributed by atoms with Crippen LogP contribution in [0.5, 0.6) is 0 Å². The van der Waals surface area contributed by atoms with Crippen LogP contribution < -0.4 is 0 Å². The van der Waals surface area contributed by atoms with Gasteiger partial charge in [0.25, 0.3) is 5.97 Å². The molecule has 0 heterocycles. The van der Waals surface area contributed by atoms with Crippen LogP contribution in [0, 0.1) is 0 Å². The van der Waals surface area contributed by atoms with E-state index in [2.05, 4.69) is 12.6 Å². The van der Waals surface area contributed by atoms with Crippen LogP contribution in [0.2, 0.25) is 6.04 Å². The molecule has 0 atom stereocenters. The molecule has 0 aliphatic rings. The summed E-state index contributed by atoms with van der Waals surface area (Å²) >= 11 is 4.10. The Balaban J connectivity index is 3.89. The molecule has 6 heteroatoms. The van der Waals surface area contributed by atoms with Gasteiger partial charge in [-0.1, -0.05) is 0 Å². The Morgan fingerprint density at radius 3 is 2.23 bits per heavy atom. The van der Waals surface area contributed by atoms with Crippen LogP contribution in [-0.4, -0.2) is 49.4 Å². The summed E-state index contributed by atoms with van der Waals surface area (Å²) in [7, 11) is 4.02. The smallest absolute Gasteiger partial charge is 0.297 e. The Hall–Kier alpha value is 0.407. The van der Waals surface area contributed by atoms with Gasteiger partial charge < -0.3 is 18.6 Å². The maximum absolute atomic E-state index is 5.53. The largest absolute Gasteiger partial charge is 0.376 e. The van der Waals surface area contributed by atoms with Crippen molar-refractivity contribution in [3.05, 3.63) is 0 Å². The molecule has 0 spiro atoms. The van der Waals surface area contributed by atoms with Gasteiger partial charge in [-0.25, -0.2) is 0 Å². The van der Waals surface area contributed by atoms with Gasteiger partial charge in [-0.2, -0.15) is 12.6 Å². The van der Waals surface area contributed by atoms with E-state index in [4.69, 9.17) is 18.6 Å². The third kappa shape index (κ3) is 4.99. The summed E-state index contributed by atoms with van der Waals surface area (Å²) in [5.74, 6) is -0.174. The molecule has 0 aromatic rings. The highest BCUT2D eigenvalue weighted by molar-refractivity contribution is 7.80. The first-order valence-electron chi connectivity index (χ1n) is 4.08. The van der Waals surface area contributed by atoms with Crippen molar-refractivity contribution in [1.29, 1.82) is 0 Å². The molecule has 0 aromatic heterocycles. The Morgan fingerprint density at radius 2 is 1.85 bits per heavy atom. The highest BCUT2D eigenvalue weighted by atomic mass is 32.1. The third-order valence-electron chi connectivity index (χ3n) is 1.57. The predicted molar refractivity (Wildman–Crippen MR) is 56.9 cm³/mol. The van der Waals surface area contributed by atoms with Crippen LogP contribution in [0.4, 0.5) is 0 Å². The van der Waals surface area contributed by atoms with E-state index in [0.717, 1.165) is 11.8 Å². The molecule has 0 aliphatic carbocycles. The van der Waals surface area contributed by atoms with Gasteiger partial charge in [-0.15, -0.1) is 0 Å². The second kappa shape index (κ2) is 7.78. The van der Waals surface area contributed by atoms with Crippen LogP contribution in [0.25, 0.3) is 0 Å². The molecule has 0 rings (SSSR count). The zero-order valence-electron chi connectivity index (χ0n) is 8.41. The quantitative estimate of drug-likeness (QED) is 0.274. The van der Waals surface area contributed by atoms with E-state index in [0.29, 0.717) is 0 Å². The van der Waals surface area contributed by atoms with E-state index in [1.54, 1.807) is 7.11 Å². The zero-order valence-corrected chi connectivity index (χ0v) is 10.7. The minimum absolute atomic E-state index is 0.277. The van der Waals surface area contributed by atoms with Gasteiger partial charge in [-0.3, -0.25) is 0 Å². The fourth-order valence-corrected chi connectivity index (χ4v) is 2.12. The van der Waals surface area contributed by atoms with Gasteiger partial charge in [0.1, 0.15) is 6.61 Å². The highest BCUT2D eigenvalue weighted by Gasteiger charge is 2.30. The standard InChI is InChI=1S/C7H18O4SSi/c1-8-6-7(9-2,10-3)11-13-5-4-12/h12H,4-6,13H2,1-3H3. The number of rotatable bonds is 8. The van der Waals surface area contributed by atoms with Crippen LogP contribution in [-0.2, 0) is 18.6 Å². The third-order valence-corrected chi connectivity index (χ3v) is 3.77. The van der Waals surface area contributed by atoms with Crippen molar-refractivity contribution < 1.29 is 18.6 Å². The molecule has 0 amide bonds. The molecule has 0 saturated carbocycles. The molecule has 0 N–H and O–H groups in total. The summed E-state index contributed by atoms with van der Waals surface area (Å²) in [6, 6.07) is 0.987. The zero-order chi connectivity index (χ0) is 10.2. The SMILES string of the molecule is COCC(OC)(OC)O[SiH2]CCS. The average Bonchev–Trinajstić information content (AvgIpc) is 2.17. The summed E-state index contributed by atoms with van der Waals surface area (Å²) in [4.78, 5) is 0. The molecule has 80 valence electrons. The van der Waals surface area contributed by atoms with Crippen molar-refractivity contribution in [3.8, 4) is 0 Å². The summed E-state index contributed by atoms with van der Waals surface area (Å²) in [6.07, 6.45) is 0. The fraction of sp³-hybridized carbons (Fsp3) is 1.00. The topological polar surface area (TPSA) is 36.9 Å². The van der Waals surface area contributed by atoms with Crippen LogP contribution in [0.3, 0.4) is 0 Å². The second-order valence-corrected chi connectivity index (χ2v) is 4.30. The van der Waals surface area contributed by atoms with Gasteiger partial charge in [0.15, 0.2) is 9.76 Å². The van der Waals surface area contributed by atoms with Crippen molar-refractivity contribution in [2.24, 2.45) is 0 Å². The molecule has 4 nitrogen and oxygen atoms in total. The van der Waals surface area contributed by atoms with Gasteiger partial charge >= 0.3 is 0 Å². The minimum atomic E-state index is -1.01. The predicted octanol–water partition coefficient (Wildman–Crippen LogP) is 0.0279. The molecular weight excluding hydrogens is 208 g/mol. The van der Waals surface area contributed by atoms with Gasteiger partial charge in [0.05, 0.1) is 0 Å². The first-order valence-corrected chi connectivity index (χ1v) is 6.29. The summed E-state index contributed by atoms with van der Waals surface area (Å²) in [6.45, 7) is 0.277. The van der Waals surface area contributed by atoms with Gasteiger partial charge in [0, 0.05) is 21.3 Å². The van der Waals surface area contributed by atoms with Crippen LogP contribution >= 0.6 is 12.6 Å². The van der Waals surface area contributed by atoms with Crippen LogP contribution in [0.15, 0.2) is 0 Å². The normalized spacial score (nSPS) is 12.9. The van der Waals surface area contributed by atoms with E-state index < -0.39 is 15.7 Å². The van der Waals surface area contributed by atoms with E-state index in [-0.39, 0.29) is 6.61 Å². The van der Waals surface area contributed by atoms with Gasteiger partial charge in [0.2, 0.25) is 0 Å². The Morgan fingerprint density at radius 1 is 1.23 bits per heavy atom. The highest BCUT2D eigenvalue weighted by Crippen LogP contribution is 2.13. The van der Waals surface area contributed by atoms with E-state index >= 15 is 0 Å². The molecule has 0 radical (unpaired) electrons. The first kappa shape index (κ1) is 13.4. The summed E-state index contributed by atoms with van der Waals surface area (Å²) in [5.41, 5.74) is 0. The second-order valence-electron chi connectivity index (χ2n) is 2.45. The lowest BCUT2D eigenvalue weighted by atomic mass is 10.6.